The highest BCUT2D eigenvalue weighted by molar-refractivity contribution is 5.42. The molecule has 2 aliphatic rings. The SMILES string of the molecule is C[C@@H](Nc1cc(C2CC(O)C2)nc(N)n1)C1CCCCC1. The number of nitrogens with two attached hydrogens (primary N) is 1. The second-order valence-electron chi connectivity index (χ2n) is 6.69. The van der Waals surface area contributed by atoms with Gasteiger partial charge in [-0.25, -0.2) is 4.98 Å². The van der Waals surface area contributed by atoms with Crippen LogP contribution in [0.15, 0.2) is 6.07 Å². The molecule has 0 bridgehead atoms. The van der Waals surface area contributed by atoms with Crippen LogP contribution in [0, 0.1) is 5.92 Å². The first kappa shape index (κ1) is 14.6. The molecule has 5 nitrogen and oxygen atoms in total. The zero-order chi connectivity index (χ0) is 14.8. The van der Waals surface area contributed by atoms with E-state index in [1.807, 2.05) is 6.07 Å². The molecule has 0 aliphatic heterocycles. The molecular weight excluding hydrogens is 264 g/mol. The Bertz CT molecular complexity index is 481. The molecule has 0 spiro atoms. The van der Waals surface area contributed by atoms with Gasteiger partial charge in [-0.05, 0) is 38.5 Å². The molecule has 2 fully saturated rings. The molecule has 0 aromatic carbocycles. The fourth-order valence-corrected chi connectivity index (χ4v) is 3.58. The molecule has 1 aromatic heterocycles. The lowest BCUT2D eigenvalue weighted by Crippen LogP contribution is -2.29. The summed E-state index contributed by atoms with van der Waals surface area (Å²) in [5, 5.41) is 13.0. The molecule has 3 rings (SSSR count). The predicted molar refractivity (Wildman–Crippen MR) is 84.1 cm³/mol. The highest BCUT2D eigenvalue weighted by atomic mass is 16.3. The summed E-state index contributed by atoms with van der Waals surface area (Å²) in [5.41, 5.74) is 6.80. The summed E-state index contributed by atoms with van der Waals surface area (Å²) in [7, 11) is 0. The van der Waals surface area contributed by atoms with Crippen LogP contribution in [-0.2, 0) is 0 Å². The Morgan fingerprint density at radius 2 is 1.95 bits per heavy atom. The topological polar surface area (TPSA) is 84.1 Å². The third kappa shape index (κ3) is 3.46. The van der Waals surface area contributed by atoms with Gasteiger partial charge in [0.25, 0.3) is 0 Å². The minimum absolute atomic E-state index is 0.177. The highest BCUT2D eigenvalue weighted by Gasteiger charge is 2.30. The third-order valence-corrected chi connectivity index (χ3v) is 5.03. The van der Waals surface area contributed by atoms with Gasteiger partial charge in [-0.1, -0.05) is 19.3 Å². The third-order valence-electron chi connectivity index (χ3n) is 5.03. The second-order valence-corrected chi connectivity index (χ2v) is 6.69. The molecule has 116 valence electrons. The van der Waals surface area contributed by atoms with Crippen molar-refractivity contribution in [3.63, 3.8) is 0 Å². The zero-order valence-electron chi connectivity index (χ0n) is 12.8. The van der Waals surface area contributed by atoms with Crippen molar-refractivity contribution >= 4 is 11.8 Å². The van der Waals surface area contributed by atoms with E-state index >= 15 is 0 Å². The van der Waals surface area contributed by atoms with Crippen LogP contribution in [0.3, 0.4) is 0 Å². The van der Waals surface area contributed by atoms with Gasteiger partial charge in [0.1, 0.15) is 5.82 Å². The van der Waals surface area contributed by atoms with Gasteiger partial charge in [0, 0.05) is 18.0 Å². The van der Waals surface area contributed by atoms with Crippen LogP contribution < -0.4 is 11.1 Å². The molecule has 21 heavy (non-hydrogen) atoms. The van der Waals surface area contributed by atoms with Gasteiger partial charge in [-0.2, -0.15) is 4.98 Å². The molecule has 0 radical (unpaired) electrons. The van der Waals surface area contributed by atoms with Gasteiger partial charge in [-0.15, -0.1) is 0 Å². The van der Waals surface area contributed by atoms with Crippen molar-refractivity contribution in [3.05, 3.63) is 11.8 Å². The number of hydrogen-bond donors (Lipinski definition) is 3. The molecule has 1 atom stereocenters. The zero-order valence-corrected chi connectivity index (χ0v) is 12.8. The largest absolute Gasteiger partial charge is 0.393 e. The van der Waals surface area contributed by atoms with Crippen molar-refractivity contribution in [2.24, 2.45) is 5.92 Å². The maximum Gasteiger partial charge on any atom is 0.222 e. The summed E-state index contributed by atoms with van der Waals surface area (Å²) < 4.78 is 0. The van der Waals surface area contributed by atoms with E-state index in [9.17, 15) is 5.11 Å². The Balaban J connectivity index is 1.66. The van der Waals surface area contributed by atoms with Crippen molar-refractivity contribution in [2.75, 3.05) is 11.1 Å². The quantitative estimate of drug-likeness (QED) is 0.794. The molecule has 1 aromatic rings. The van der Waals surface area contributed by atoms with E-state index in [1.165, 1.54) is 32.1 Å². The smallest absolute Gasteiger partial charge is 0.222 e. The Labute approximate surface area is 126 Å². The van der Waals surface area contributed by atoms with E-state index in [0.29, 0.717) is 17.9 Å². The first-order chi connectivity index (χ1) is 10.1. The second kappa shape index (κ2) is 6.18. The number of aromatic nitrogens is 2. The lowest BCUT2D eigenvalue weighted by atomic mass is 9.80. The van der Waals surface area contributed by atoms with Crippen LogP contribution in [0.25, 0.3) is 0 Å². The lowest BCUT2D eigenvalue weighted by molar-refractivity contribution is 0.0732. The van der Waals surface area contributed by atoms with Gasteiger partial charge in [0.15, 0.2) is 0 Å². The van der Waals surface area contributed by atoms with Gasteiger partial charge < -0.3 is 16.2 Å². The van der Waals surface area contributed by atoms with E-state index in [4.69, 9.17) is 5.73 Å². The number of anilines is 2. The number of nitrogens with zero attached hydrogens (tertiary/aromatic N) is 2. The predicted octanol–water partition coefficient (Wildman–Crippen LogP) is 2.68. The molecule has 0 saturated heterocycles. The van der Waals surface area contributed by atoms with E-state index in [0.717, 1.165) is 30.3 Å². The Morgan fingerprint density at radius 1 is 1.24 bits per heavy atom. The monoisotopic (exact) mass is 290 g/mol. The van der Waals surface area contributed by atoms with Gasteiger partial charge in [-0.3, -0.25) is 0 Å². The first-order valence-electron chi connectivity index (χ1n) is 8.21. The summed E-state index contributed by atoms with van der Waals surface area (Å²) in [4.78, 5) is 8.65. The maximum atomic E-state index is 9.44. The number of aliphatic hydroxyl groups excluding tert-OH is 1. The molecule has 2 aliphatic carbocycles. The van der Waals surface area contributed by atoms with E-state index in [2.05, 4.69) is 22.2 Å². The highest BCUT2D eigenvalue weighted by Crippen LogP contribution is 2.36. The number of nitrogen functional groups attached to an aromatic ring is 1. The summed E-state index contributed by atoms with van der Waals surface area (Å²) in [6, 6.07) is 2.42. The van der Waals surface area contributed by atoms with E-state index in [1.54, 1.807) is 0 Å². The van der Waals surface area contributed by atoms with Crippen molar-refractivity contribution in [3.8, 4) is 0 Å². The summed E-state index contributed by atoms with van der Waals surface area (Å²) in [6.07, 6.45) is 8.05. The van der Waals surface area contributed by atoms with E-state index in [-0.39, 0.29) is 6.10 Å². The standard InChI is InChI=1S/C16H26N4O/c1-10(11-5-3-2-4-6-11)18-15-9-14(19-16(17)20-15)12-7-13(21)8-12/h9-13,21H,2-8H2,1H3,(H3,17,18,19,20)/t10-,12?,13?/m1/s1. The Kier molecular flexibility index (Phi) is 4.29. The molecular formula is C16H26N4O. The number of rotatable bonds is 4. The van der Waals surface area contributed by atoms with Gasteiger partial charge >= 0.3 is 0 Å². The van der Waals surface area contributed by atoms with Crippen molar-refractivity contribution < 1.29 is 5.11 Å². The summed E-state index contributed by atoms with van der Waals surface area (Å²) in [6.45, 7) is 2.24. The molecule has 1 heterocycles. The Morgan fingerprint density at radius 3 is 2.62 bits per heavy atom. The fraction of sp³-hybridized carbons (Fsp3) is 0.750. The van der Waals surface area contributed by atoms with Crippen LogP contribution in [-0.4, -0.2) is 27.2 Å². The number of aliphatic hydroxyl groups is 1. The number of hydrogen-bond acceptors (Lipinski definition) is 5. The van der Waals surface area contributed by atoms with Crippen LogP contribution in [0.4, 0.5) is 11.8 Å². The summed E-state index contributed by atoms with van der Waals surface area (Å²) in [5.74, 6) is 2.21. The number of nitrogens with one attached hydrogen (secondary N) is 1. The minimum atomic E-state index is -0.177. The van der Waals surface area contributed by atoms with Gasteiger partial charge in [0.2, 0.25) is 5.95 Å². The molecule has 0 amide bonds. The average molecular weight is 290 g/mol. The fourth-order valence-electron chi connectivity index (χ4n) is 3.58. The van der Waals surface area contributed by atoms with E-state index < -0.39 is 0 Å². The molecule has 2 saturated carbocycles. The average Bonchev–Trinajstić information content (AvgIpc) is 2.44. The minimum Gasteiger partial charge on any atom is -0.393 e. The molecule has 5 heteroatoms. The van der Waals surface area contributed by atoms with Crippen molar-refractivity contribution in [1.82, 2.24) is 9.97 Å². The normalized spacial score (nSPS) is 27.9. The Hall–Kier alpha value is -1.36. The molecule has 4 N–H and O–H groups in total. The van der Waals surface area contributed by atoms with Crippen LogP contribution in [0.1, 0.15) is 63.5 Å². The summed E-state index contributed by atoms with van der Waals surface area (Å²) >= 11 is 0. The first-order valence-corrected chi connectivity index (χ1v) is 8.21. The van der Waals surface area contributed by atoms with Crippen LogP contribution >= 0.6 is 0 Å². The van der Waals surface area contributed by atoms with Crippen molar-refractivity contribution in [2.45, 2.75) is 69.9 Å². The maximum absolute atomic E-state index is 9.44. The lowest BCUT2D eigenvalue weighted by Gasteiger charge is -2.31. The van der Waals surface area contributed by atoms with Crippen molar-refractivity contribution in [1.29, 1.82) is 0 Å². The van der Waals surface area contributed by atoms with Gasteiger partial charge in [0.05, 0.1) is 11.8 Å². The molecule has 0 unspecified atom stereocenters. The van der Waals surface area contributed by atoms with Crippen LogP contribution in [0.5, 0.6) is 0 Å². The van der Waals surface area contributed by atoms with Crippen LogP contribution in [0.2, 0.25) is 0 Å².